The lowest BCUT2D eigenvalue weighted by Crippen LogP contribution is -2.58. The number of ether oxygens (including phenoxy) is 2. The topological polar surface area (TPSA) is 109 Å². The van der Waals surface area contributed by atoms with Crippen LogP contribution in [0.25, 0.3) is 0 Å². The first kappa shape index (κ1) is 22.8. The van der Waals surface area contributed by atoms with Crippen molar-refractivity contribution in [2.45, 2.75) is 13.0 Å². The maximum absolute atomic E-state index is 15.3. The van der Waals surface area contributed by atoms with Crippen LogP contribution in [0.3, 0.4) is 0 Å². The summed E-state index contributed by atoms with van der Waals surface area (Å²) in [5, 5.41) is 11.7. The molecule has 0 saturated carbocycles. The summed E-state index contributed by atoms with van der Waals surface area (Å²) in [6.07, 6.45) is 2.95. The zero-order valence-electron chi connectivity index (χ0n) is 18.6. The van der Waals surface area contributed by atoms with Gasteiger partial charge in [-0.25, -0.2) is 23.7 Å². The number of nitriles is 1. The monoisotopic (exact) mass is 483 g/mol. The molecular weight excluding hydrogens is 463 g/mol. The minimum atomic E-state index is -0.864. The molecule has 2 saturated heterocycles. The van der Waals surface area contributed by atoms with Crippen molar-refractivity contribution in [3.63, 3.8) is 0 Å². The third kappa shape index (κ3) is 4.54. The van der Waals surface area contributed by atoms with E-state index in [4.69, 9.17) is 14.7 Å². The molecule has 2 aliphatic rings. The first-order chi connectivity index (χ1) is 16.9. The lowest BCUT2D eigenvalue weighted by Gasteiger charge is -2.46. The Hall–Kier alpha value is -3.98. The van der Waals surface area contributed by atoms with Crippen LogP contribution < -0.4 is 15.0 Å². The Kier molecular flexibility index (Phi) is 6.08. The fourth-order valence-corrected chi connectivity index (χ4v) is 4.40. The minimum Gasteiger partial charge on any atom is -0.471 e. The Morgan fingerprint density at radius 3 is 2.49 bits per heavy atom. The third-order valence-corrected chi connectivity index (χ3v) is 6.09. The summed E-state index contributed by atoms with van der Waals surface area (Å²) in [5.41, 5.74) is 0.696. The lowest BCUT2D eigenvalue weighted by atomic mass is 9.84. The van der Waals surface area contributed by atoms with Gasteiger partial charge in [-0.3, -0.25) is 0 Å². The molecule has 2 aliphatic heterocycles. The SMILES string of the molecule is Cc1cc(Nc2ncnc(OC3C4COCC3CN(c3ncc(F)cn3)C4)c2F)c(F)cc1C#N. The van der Waals surface area contributed by atoms with Crippen LogP contribution in [-0.4, -0.2) is 52.3 Å². The predicted molar refractivity (Wildman–Crippen MR) is 118 cm³/mol. The van der Waals surface area contributed by atoms with E-state index in [1.54, 1.807) is 6.92 Å². The molecule has 0 radical (unpaired) electrons. The number of anilines is 3. The van der Waals surface area contributed by atoms with Crippen molar-refractivity contribution in [3.8, 4) is 11.9 Å². The molecule has 180 valence electrons. The summed E-state index contributed by atoms with van der Waals surface area (Å²) < 4.78 is 54.6. The first-order valence-electron chi connectivity index (χ1n) is 10.9. The number of rotatable bonds is 5. The van der Waals surface area contributed by atoms with Gasteiger partial charge in [0, 0.05) is 24.9 Å². The van der Waals surface area contributed by atoms with Gasteiger partial charge < -0.3 is 19.7 Å². The second-order valence-corrected chi connectivity index (χ2v) is 8.47. The van der Waals surface area contributed by atoms with Crippen LogP contribution in [0.15, 0.2) is 30.9 Å². The number of hydrogen-bond donors (Lipinski definition) is 1. The maximum atomic E-state index is 15.3. The Morgan fingerprint density at radius 2 is 1.80 bits per heavy atom. The van der Waals surface area contributed by atoms with Crippen molar-refractivity contribution < 1.29 is 22.6 Å². The Labute approximate surface area is 198 Å². The summed E-state index contributed by atoms with van der Waals surface area (Å²) in [5.74, 6) is -2.48. The first-order valence-corrected chi connectivity index (χ1v) is 10.9. The highest BCUT2D eigenvalue weighted by Gasteiger charge is 2.43. The van der Waals surface area contributed by atoms with Crippen LogP contribution in [0.1, 0.15) is 11.1 Å². The standard InChI is InChI=1S/C23H20F3N7O2/c1-12-2-18(17(25)3-13(12)4-27)32-21-19(26)22(31-11-30-21)35-20-14-7-33(8-15(20)10-34-9-14)23-28-5-16(24)6-29-23/h2-3,5-6,11,14-15,20H,7-10H2,1H3,(H,30,31,32). The number of aromatic nitrogens is 4. The molecule has 2 unspecified atom stereocenters. The van der Waals surface area contributed by atoms with E-state index >= 15 is 4.39 Å². The van der Waals surface area contributed by atoms with Crippen LogP contribution in [0.2, 0.25) is 0 Å². The van der Waals surface area contributed by atoms with Crippen LogP contribution in [0.5, 0.6) is 5.88 Å². The number of fused-ring (bicyclic) bond motifs is 2. The van der Waals surface area contributed by atoms with Crippen LogP contribution in [0.4, 0.5) is 30.6 Å². The Bertz CT molecular complexity index is 1270. The van der Waals surface area contributed by atoms with Gasteiger partial charge in [-0.2, -0.15) is 14.6 Å². The molecule has 5 rings (SSSR count). The number of hydrogen-bond acceptors (Lipinski definition) is 9. The fourth-order valence-electron chi connectivity index (χ4n) is 4.40. The Balaban J connectivity index is 1.35. The smallest absolute Gasteiger partial charge is 0.256 e. The average molecular weight is 483 g/mol. The minimum absolute atomic E-state index is 0.0251. The fraction of sp³-hybridized carbons (Fsp3) is 0.348. The van der Waals surface area contributed by atoms with Gasteiger partial charge >= 0.3 is 0 Å². The van der Waals surface area contributed by atoms with Gasteiger partial charge in [0.1, 0.15) is 18.2 Å². The summed E-state index contributed by atoms with van der Waals surface area (Å²) >= 11 is 0. The average Bonchev–Trinajstić information content (AvgIpc) is 2.84. The largest absolute Gasteiger partial charge is 0.471 e. The highest BCUT2D eigenvalue weighted by Crippen LogP contribution is 2.34. The maximum Gasteiger partial charge on any atom is 0.256 e. The molecule has 4 heterocycles. The van der Waals surface area contributed by atoms with Gasteiger partial charge in [0.2, 0.25) is 11.8 Å². The number of nitrogens with zero attached hydrogens (tertiary/aromatic N) is 6. The normalized spacial score (nSPS) is 21.3. The molecule has 0 aliphatic carbocycles. The molecule has 2 bridgehead atoms. The molecular formula is C23H20F3N7O2. The van der Waals surface area contributed by atoms with Crippen LogP contribution in [0, 0.1) is 47.5 Å². The van der Waals surface area contributed by atoms with E-state index in [1.165, 1.54) is 6.07 Å². The Morgan fingerprint density at radius 1 is 1.09 bits per heavy atom. The second-order valence-electron chi connectivity index (χ2n) is 8.47. The number of benzene rings is 1. The van der Waals surface area contributed by atoms with Crippen molar-refractivity contribution >= 4 is 17.5 Å². The van der Waals surface area contributed by atoms with Gasteiger partial charge in [0.05, 0.1) is 42.9 Å². The molecule has 2 atom stereocenters. The third-order valence-electron chi connectivity index (χ3n) is 6.09. The van der Waals surface area contributed by atoms with Crippen LogP contribution in [-0.2, 0) is 4.74 Å². The molecule has 2 aromatic heterocycles. The van der Waals surface area contributed by atoms with Gasteiger partial charge in [-0.1, -0.05) is 0 Å². The van der Waals surface area contributed by atoms with Gasteiger partial charge in [-0.05, 0) is 24.6 Å². The molecule has 9 nitrogen and oxygen atoms in total. The van der Waals surface area contributed by atoms with Crippen molar-refractivity contribution in [1.29, 1.82) is 5.26 Å². The van der Waals surface area contributed by atoms with E-state index in [0.29, 0.717) is 37.8 Å². The molecule has 0 amide bonds. The molecule has 1 N–H and O–H groups in total. The zero-order valence-corrected chi connectivity index (χ0v) is 18.6. The zero-order chi connectivity index (χ0) is 24.5. The number of nitrogens with one attached hydrogen (secondary N) is 1. The molecule has 0 spiro atoms. The highest BCUT2D eigenvalue weighted by molar-refractivity contribution is 5.61. The lowest BCUT2D eigenvalue weighted by molar-refractivity contribution is -0.0781. The number of aryl methyl sites for hydroxylation is 1. The van der Waals surface area contributed by atoms with Gasteiger partial charge in [0.15, 0.2) is 11.6 Å². The molecule has 1 aromatic carbocycles. The summed E-state index contributed by atoms with van der Waals surface area (Å²) in [6.45, 7) is 3.36. The van der Waals surface area contributed by atoms with E-state index in [9.17, 15) is 8.78 Å². The molecule has 2 fully saturated rings. The molecule has 3 aromatic rings. The summed E-state index contributed by atoms with van der Waals surface area (Å²) in [7, 11) is 0. The summed E-state index contributed by atoms with van der Waals surface area (Å²) in [4.78, 5) is 17.9. The van der Waals surface area contributed by atoms with Crippen molar-refractivity contribution in [3.05, 3.63) is 59.4 Å². The number of halogens is 3. The van der Waals surface area contributed by atoms with E-state index in [1.807, 2.05) is 11.0 Å². The molecule has 35 heavy (non-hydrogen) atoms. The van der Waals surface area contributed by atoms with E-state index < -0.39 is 23.6 Å². The van der Waals surface area contributed by atoms with Crippen LogP contribution >= 0.6 is 0 Å². The van der Waals surface area contributed by atoms with E-state index in [0.717, 1.165) is 24.8 Å². The molecule has 12 heteroatoms. The van der Waals surface area contributed by atoms with E-state index in [-0.39, 0.29) is 34.8 Å². The summed E-state index contributed by atoms with van der Waals surface area (Å²) in [6, 6.07) is 4.39. The predicted octanol–water partition coefficient (Wildman–Crippen LogP) is 3.14. The van der Waals surface area contributed by atoms with E-state index in [2.05, 4.69) is 25.3 Å². The number of piperidine rings is 1. The van der Waals surface area contributed by atoms with Crippen molar-refractivity contribution in [2.75, 3.05) is 36.5 Å². The van der Waals surface area contributed by atoms with Gasteiger partial charge in [0.25, 0.3) is 5.88 Å². The second kappa shape index (κ2) is 9.34. The van der Waals surface area contributed by atoms with Crippen molar-refractivity contribution in [2.24, 2.45) is 11.8 Å². The van der Waals surface area contributed by atoms with Crippen molar-refractivity contribution in [1.82, 2.24) is 19.9 Å². The quantitative estimate of drug-likeness (QED) is 0.585. The van der Waals surface area contributed by atoms with Gasteiger partial charge in [-0.15, -0.1) is 0 Å². The highest BCUT2D eigenvalue weighted by atomic mass is 19.1.